The third-order valence-corrected chi connectivity index (χ3v) is 3.83. The summed E-state index contributed by atoms with van der Waals surface area (Å²) in [5, 5.41) is 6.04. The molecule has 5 heteroatoms. The molecule has 0 saturated carbocycles. The molecule has 0 aliphatic carbocycles. The number of nitrogens with zero attached hydrogens (tertiary/aromatic N) is 2. The summed E-state index contributed by atoms with van der Waals surface area (Å²) in [6.45, 7) is 4.11. The zero-order valence-corrected chi connectivity index (χ0v) is 11.6. The lowest BCUT2D eigenvalue weighted by Gasteiger charge is -2.09. The molecule has 0 bridgehead atoms. The summed E-state index contributed by atoms with van der Waals surface area (Å²) in [5.74, 6) is 1.63. The van der Waals surface area contributed by atoms with Crippen LogP contribution in [0.4, 0.5) is 0 Å². The number of hydrogen-bond acceptors (Lipinski definition) is 5. The quantitative estimate of drug-likeness (QED) is 0.872. The second kappa shape index (κ2) is 6.11. The van der Waals surface area contributed by atoms with E-state index in [2.05, 4.69) is 41.5 Å². The monoisotopic (exact) mass is 265 g/mol. The summed E-state index contributed by atoms with van der Waals surface area (Å²) in [6.07, 6.45) is 2.90. The highest BCUT2D eigenvalue weighted by Crippen LogP contribution is 2.17. The van der Waals surface area contributed by atoms with E-state index in [4.69, 9.17) is 10.3 Å². The molecule has 4 nitrogen and oxygen atoms in total. The zero-order chi connectivity index (χ0) is 13.0. The fraction of sp³-hybridized carbons (Fsp3) is 0.538. The van der Waals surface area contributed by atoms with Crippen LogP contribution in [0.5, 0.6) is 0 Å². The fourth-order valence-electron chi connectivity index (χ4n) is 1.67. The van der Waals surface area contributed by atoms with Crippen LogP contribution in [0.1, 0.15) is 42.9 Å². The number of thiophene rings is 1. The van der Waals surface area contributed by atoms with E-state index in [-0.39, 0.29) is 6.04 Å². The minimum absolute atomic E-state index is 0.139. The van der Waals surface area contributed by atoms with Gasteiger partial charge in [-0.3, -0.25) is 0 Å². The normalized spacial score (nSPS) is 13.1. The Hall–Kier alpha value is -1.20. The number of rotatable bonds is 6. The largest absolute Gasteiger partial charge is 0.339 e. The smallest absolute Gasteiger partial charge is 0.226 e. The maximum Gasteiger partial charge on any atom is 0.226 e. The van der Waals surface area contributed by atoms with E-state index in [0.717, 1.165) is 19.3 Å². The molecule has 2 aromatic rings. The van der Waals surface area contributed by atoms with Crippen molar-refractivity contribution < 1.29 is 4.52 Å². The Morgan fingerprint density at radius 3 is 2.89 bits per heavy atom. The van der Waals surface area contributed by atoms with Crippen LogP contribution in [0.3, 0.4) is 0 Å². The van der Waals surface area contributed by atoms with Crippen molar-refractivity contribution in [3.05, 3.63) is 34.1 Å². The maximum atomic E-state index is 5.97. The molecule has 2 rings (SSSR count). The second-order valence-electron chi connectivity index (χ2n) is 4.75. The van der Waals surface area contributed by atoms with E-state index in [0.29, 0.717) is 17.6 Å². The minimum Gasteiger partial charge on any atom is -0.339 e. The number of nitrogens with two attached hydrogens (primary N) is 1. The molecule has 1 atom stereocenters. The van der Waals surface area contributed by atoms with Gasteiger partial charge in [-0.05, 0) is 30.2 Å². The van der Waals surface area contributed by atoms with Crippen molar-refractivity contribution in [3.8, 4) is 0 Å². The molecule has 0 aliphatic heterocycles. The van der Waals surface area contributed by atoms with Gasteiger partial charge in [-0.15, -0.1) is 11.3 Å². The van der Waals surface area contributed by atoms with E-state index in [1.165, 1.54) is 4.88 Å². The molecule has 0 amide bonds. The van der Waals surface area contributed by atoms with Crippen LogP contribution in [0.2, 0.25) is 0 Å². The van der Waals surface area contributed by atoms with Crippen LogP contribution < -0.4 is 5.73 Å². The van der Waals surface area contributed by atoms with E-state index in [1.54, 1.807) is 11.3 Å². The summed E-state index contributed by atoms with van der Waals surface area (Å²) < 4.78 is 5.22. The molecule has 2 N–H and O–H groups in total. The van der Waals surface area contributed by atoms with Gasteiger partial charge in [0.1, 0.15) is 0 Å². The lowest BCUT2D eigenvalue weighted by Crippen LogP contribution is -2.18. The molecule has 0 aromatic carbocycles. The van der Waals surface area contributed by atoms with E-state index in [1.807, 2.05) is 0 Å². The van der Waals surface area contributed by atoms with Crippen molar-refractivity contribution >= 4 is 11.3 Å². The van der Waals surface area contributed by atoms with Gasteiger partial charge in [0.15, 0.2) is 5.82 Å². The van der Waals surface area contributed by atoms with Gasteiger partial charge in [-0.2, -0.15) is 4.98 Å². The van der Waals surface area contributed by atoms with Crippen molar-refractivity contribution in [2.45, 2.75) is 39.2 Å². The lowest BCUT2D eigenvalue weighted by atomic mass is 10.1. The Balaban J connectivity index is 1.83. The Morgan fingerprint density at radius 1 is 1.39 bits per heavy atom. The molecule has 0 radical (unpaired) electrons. The van der Waals surface area contributed by atoms with Gasteiger partial charge in [-0.1, -0.05) is 25.1 Å². The second-order valence-corrected chi connectivity index (χ2v) is 5.78. The van der Waals surface area contributed by atoms with Crippen LogP contribution in [-0.2, 0) is 12.8 Å². The highest BCUT2D eigenvalue weighted by atomic mass is 32.1. The van der Waals surface area contributed by atoms with Crippen LogP contribution in [0, 0.1) is 5.92 Å². The molecule has 98 valence electrons. The van der Waals surface area contributed by atoms with Gasteiger partial charge in [0, 0.05) is 11.3 Å². The first-order valence-corrected chi connectivity index (χ1v) is 7.15. The molecular formula is C13H19N3OS. The predicted molar refractivity (Wildman–Crippen MR) is 72.4 cm³/mol. The molecule has 2 heterocycles. The third kappa shape index (κ3) is 3.40. The van der Waals surface area contributed by atoms with Gasteiger partial charge in [-0.25, -0.2) is 0 Å². The standard InChI is InChI=1S/C13H19N3OS/c1-9(2)12(14)13-15-11(17-16-13)7-3-5-10-6-4-8-18-10/h4,6,8-9,12H,3,5,7,14H2,1-2H3. The summed E-state index contributed by atoms with van der Waals surface area (Å²) in [4.78, 5) is 5.75. The highest BCUT2D eigenvalue weighted by Gasteiger charge is 2.17. The van der Waals surface area contributed by atoms with Crippen LogP contribution >= 0.6 is 11.3 Å². The van der Waals surface area contributed by atoms with Crippen LogP contribution in [0.25, 0.3) is 0 Å². The number of aryl methyl sites for hydroxylation is 2. The molecule has 0 saturated heterocycles. The van der Waals surface area contributed by atoms with E-state index in [9.17, 15) is 0 Å². The molecule has 0 spiro atoms. The average molecular weight is 265 g/mol. The minimum atomic E-state index is -0.139. The topological polar surface area (TPSA) is 64.9 Å². The molecular weight excluding hydrogens is 246 g/mol. The fourth-order valence-corrected chi connectivity index (χ4v) is 2.42. The zero-order valence-electron chi connectivity index (χ0n) is 10.8. The molecule has 1 unspecified atom stereocenters. The summed E-state index contributed by atoms with van der Waals surface area (Å²) in [7, 11) is 0. The van der Waals surface area contributed by atoms with Gasteiger partial charge < -0.3 is 10.3 Å². The first kappa shape index (κ1) is 13.2. The summed E-state index contributed by atoms with van der Waals surface area (Å²) in [6, 6.07) is 4.09. The van der Waals surface area contributed by atoms with Crippen molar-refractivity contribution in [2.75, 3.05) is 0 Å². The predicted octanol–water partition coefficient (Wildman–Crippen LogP) is 2.96. The van der Waals surface area contributed by atoms with Crippen LogP contribution in [0.15, 0.2) is 22.0 Å². The van der Waals surface area contributed by atoms with Gasteiger partial charge in [0.25, 0.3) is 0 Å². The number of hydrogen-bond donors (Lipinski definition) is 1. The Morgan fingerprint density at radius 2 is 2.22 bits per heavy atom. The van der Waals surface area contributed by atoms with E-state index >= 15 is 0 Å². The number of aromatic nitrogens is 2. The molecule has 18 heavy (non-hydrogen) atoms. The summed E-state index contributed by atoms with van der Waals surface area (Å²) >= 11 is 1.79. The SMILES string of the molecule is CC(C)C(N)c1noc(CCCc2cccs2)n1. The lowest BCUT2D eigenvalue weighted by molar-refractivity contribution is 0.361. The molecule has 0 aliphatic rings. The van der Waals surface area contributed by atoms with Crippen molar-refractivity contribution in [2.24, 2.45) is 11.7 Å². The first-order chi connectivity index (χ1) is 8.66. The Kier molecular flexibility index (Phi) is 4.49. The van der Waals surface area contributed by atoms with Crippen LogP contribution in [-0.4, -0.2) is 10.1 Å². The average Bonchev–Trinajstić information content (AvgIpc) is 2.99. The summed E-state index contributed by atoms with van der Waals surface area (Å²) in [5.41, 5.74) is 5.97. The Bertz CT molecular complexity index is 464. The van der Waals surface area contributed by atoms with Crippen molar-refractivity contribution in [1.82, 2.24) is 10.1 Å². The third-order valence-electron chi connectivity index (χ3n) is 2.89. The van der Waals surface area contributed by atoms with Gasteiger partial charge >= 0.3 is 0 Å². The molecule has 0 fully saturated rings. The maximum absolute atomic E-state index is 5.97. The van der Waals surface area contributed by atoms with Gasteiger partial charge in [0.2, 0.25) is 5.89 Å². The van der Waals surface area contributed by atoms with Crippen molar-refractivity contribution in [3.63, 3.8) is 0 Å². The van der Waals surface area contributed by atoms with E-state index < -0.39 is 0 Å². The van der Waals surface area contributed by atoms with Crippen molar-refractivity contribution in [1.29, 1.82) is 0 Å². The molecule has 2 aromatic heterocycles. The van der Waals surface area contributed by atoms with Gasteiger partial charge in [0.05, 0.1) is 6.04 Å². The Labute approximate surface area is 111 Å². The highest BCUT2D eigenvalue weighted by molar-refractivity contribution is 7.09. The first-order valence-electron chi connectivity index (χ1n) is 6.27.